The van der Waals surface area contributed by atoms with E-state index in [9.17, 15) is 20.1 Å². The van der Waals surface area contributed by atoms with Gasteiger partial charge in [-0.15, -0.1) is 0 Å². The first-order valence-electron chi connectivity index (χ1n) is 10.8. The average Bonchev–Trinajstić information content (AvgIpc) is 2.89. The fourth-order valence-corrected chi connectivity index (χ4v) is 7.38. The van der Waals surface area contributed by atoms with Gasteiger partial charge in [0.15, 0.2) is 6.29 Å². The van der Waals surface area contributed by atoms with Crippen molar-refractivity contribution in [1.82, 2.24) is 0 Å². The number of halogens is 1. The van der Waals surface area contributed by atoms with Crippen LogP contribution in [0.25, 0.3) is 0 Å². The van der Waals surface area contributed by atoms with Crippen molar-refractivity contribution in [1.29, 1.82) is 0 Å². The number of rotatable bonds is 3. The van der Waals surface area contributed by atoms with Gasteiger partial charge in [0.2, 0.25) is 5.79 Å². The van der Waals surface area contributed by atoms with E-state index >= 15 is 0 Å². The molecule has 1 aromatic rings. The van der Waals surface area contributed by atoms with E-state index in [4.69, 9.17) is 14.2 Å². The zero-order valence-electron chi connectivity index (χ0n) is 17.9. The highest BCUT2D eigenvalue weighted by Gasteiger charge is 2.86. The summed E-state index contributed by atoms with van der Waals surface area (Å²) in [7, 11) is 0. The molecule has 5 aliphatic rings. The van der Waals surface area contributed by atoms with Gasteiger partial charge in [-0.3, -0.25) is 4.79 Å². The van der Waals surface area contributed by atoms with Crippen LogP contribution >= 0.6 is 15.9 Å². The van der Waals surface area contributed by atoms with E-state index in [1.165, 1.54) is 0 Å². The predicted octanol–water partition coefficient (Wildman–Crippen LogP) is 2.29. The van der Waals surface area contributed by atoms with Gasteiger partial charge >= 0.3 is 5.97 Å². The second kappa shape index (κ2) is 6.52. The van der Waals surface area contributed by atoms with Crippen molar-refractivity contribution in [2.24, 2.45) is 16.7 Å². The first-order valence-corrected chi connectivity index (χ1v) is 11.6. The Morgan fingerprint density at radius 2 is 2.06 bits per heavy atom. The minimum Gasteiger partial charge on any atom is -0.429 e. The molecule has 5 fully saturated rings. The quantitative estimate of drug-likeness (QED) is 0.551. The number of fused-ring (bicyclic) bond motifs is 1. The first-order chi connectivity index (χ1) is 14.4. The monoisotopic (exact) mass is 496 g/mol. The van der Waals surface area contributed by atoms with E-state index in [0.29, 0.717) is 12.8 Å². The van der Waals surface area contributed by atoms with Crippen LogP contribution in [-0.2, 0) is 25.4 Å². The van der Waals surface area contributed by atoms with Crippen molar-refractivity contribution < 1.29 is 34.3 Å². The fourth-order valence-electron chi connectivity index (χ4n) is 6.93. The van der Waals surface area contributed by atoms with E-state index in [-0.39, 0.29) is 25.4 Å². The lowest BCUT2D eigenvalue weighted by molar-refractivity contribution is -0.447. The lowest BCUT2D eigenvalue weighted by atomic mass is 9.43. The van der Waals surface area contributed by atoms with Crippen LogP contribution in [0, 0.1) is 16.7 Å². The van der Waals surface area contributed by atoms with Crippen LogP contribution in [0.3, 0.4) is 0 Å². The van der Waals surface area contributed by atoms with Gasteiger partial charge < -0.3 is 29.5 Å². The third-order valence-corrected chi connectivity index (χ3v) is 9.48. The Kier molecular flexibility index (Phi) is 4.58. The van der Waals surface area contributed by atoms with Crippen LogP contribution in [0.4, 0.5) is 0 Å². The van der Waals surface area contributed by atoms with Crippen molar-refractivity contribution in [3.05, 3.63) is 34.3 Å². The Hall–Kier alpha value is -1.03. The van der Waals surface area contributed by atoms with Crippen molar-refractivity contribution in [2.75, 3.05) is 6.61 Å². The summed E-state index contributed by atoms with van der Waals surface area (Å²) < 4.78 is 18.8. The summed E-state index contributed by atoms with van der Waals surface area (Å²) in [5.74, 6) is -2.36. The van der Waals surface area contributed by atoms with Crippen LogP contribution in [0.2, 0.25) is 0 Å². The molecule has 3 heterocycles. The maximum Gasteiger partial charge on any atom is 0.312 e. The normalized spacial score (nSPS) is 50.2. The molecule has 3 saturated heterocycles. The van der Waals surface area contributed by atoms with Gasteiger partial charge in [0.1, 0.15) is 11.7 Å². The van der Waals surface area contributed by atoms with E-state index in [0.717, 1.165) is 10.0 Å². The molecule has 3 aliphatic heterocycles. The lowest BCUT2D eigenvalue weighted by Gasteiger charge is -2.69. The molecule has 8 heteroatoms. The van der Waals surface area contributed by atoms with E-state index in [1.54, 1.807) is 13.8 Å². The lowest BCUT2D eigenvalue weighted by Crippen LogP contribution is -2.83. The number of carbonyl (C=O) groups is 1. The molecule has 4 bridgehead atoms. The molecule has 31 heavy (non-hydrogen) atoms. The number of esters is 1. The average molecular weight is 497 g/mol. The maximum atomic E-state index is 13.1. The molecule has 0 aromatic heterocycles. The van der Waals surface area contributed by atoms with Gasteiger partial charge in [0.05, 0.1) is 24.0 Å². The molecule has 3 N–H and O–H groups in total. The van der Waals surface area contributed by atoms with Gasteiger partial charge in [0.25, 0.3) is 0 Å². The largest absolute Gasteiger partial charge is 0.429 e. The van der Waals surface area contributed by atoms with Crippen molar-refractivity contribution >= 4 is 21.9 Å². The van der Waals surface area contributed by atoms with Crippen LogP contribution in [0.1, 0.15) is 45.6 Å². The third-order valence-electron chi connectivity index (χ3n) is 8.99. The molecule has 2 aliphatic carbocycles. The Morgan fingerprint density at radius 1 is 1.32 bits per heavy atom. The summed E-state index contributed by atoms with van der Waals surface area (Å²) in [4.78, 5) is 13.1. The van der Waals surface area contributed by atoms with Crippen LogP contribution < -0.4 is 0 Å². The zero-order chi connectivity index (χ0) is 22.4. The number of aliphatic hydroxyl groups is 3. The number of hydrogen-bond acceptors (Lipinski definition) is 7. The van der Waals surface area contributed by atoms with Gasteiger partial charge in [-0.2, -0.15) is 0 Å². The summed E-state index contributed by atoms with van der Waals surface area (Å²) in [6.45, 7) is 5.27. The van der Waals surface area contributed by atoms with E-state index in [1.807, 2.05) is 31.2 Å². The minimum absolute atomic E-state index is 0.00174. The highest BCUT2D eigenvalue weighted by atomic mass is 79.9. The Bertz CT molecular complexity index is 936. The van der Waals surface area contributed by atoms with E-state index < -0.39 is 46.2 Å². The molecule has 2 saturated carbocycles. The SMILES string of the molecule is C[C@@H]1CC[C@@]2(O)[C@]13C[C@@]1(OC(=O)Cc4cccc(Br)c4)OC(OC[C@@]2(C)[C@@]1(C)O)[C@@H]3O. The summed E-state index contributed by atoms with van der Waals surface area (Å²) in [6.07, 6.45) is -1.08. The molecule has 1 spiro atoms. The molecule has 1 unspecified atom stereocenters. The molecular weight excluding hydrogens is 468 g/mol. The van der Waals surface area contributed by atoms with Crippen LogP contribution in [0.15, 0.2) is 28.7 Å². The minimum atomic E-state index is -1.75. The first kappa shape index (κ1) is 21.8. The fraction of sp³-hybridized carbons (Fsp3) is 0.696. The number of carbonyl (C=O) groups excluding carboxylic acids is 1. The van der Waals surface area contributed by atoms with Crippen molar-refractivity contribution in [3.8, 4) is 0 Å². The Labute approximate surface area is 189 Å². The molecule has 0 radical (unpaired) electrons. The Morgan fingerprint density at radius 3 is 2.77 bits per heavy atom. The molecule has 8 atom stereocenters. The van der Waals surface area contributed by atoms with E-state index in [2.05, 4.69) is 15.9 Å². The highest BCUT2D eigenvalue weighted by Crippen LogP contribution is 2.74. The van der Waals surface area contributed by atoms with Crippen molar-refractivity contribution in [3.63, 3.8) is 0 Å². The molecule has 7 nitrogen and oxygen atoms in total. The number of aliphatic hydroxyl groups excluding tert-OH is 1. The molecule has 170 valence electrons. The summed E-state index contributed by atoms with van der Waals surface area (Å²) in [6, 6.07) is 7.35. The Balaban J connectivity index is 1.58. The predicted molar refractivity (Wildman–Crippen MR) is 113 cm³/mol. The molecule has 0 amide bonds. The third kappa shape index (κ3) is 2.44. The summed E-state index contributed by atoms with van der Waals surface area (Å²) >= 11 is 3.40. The van der Waals surface area contributed by atoms with Crippen LogP contribution in [0.5, 0.6) is 0 Å². The molecular formula is C23H29BrO7. The highest BCUT2D eigenvalue weighted by molar-refractivity contribution is 9.10. The van der Waals surface area contributed by atoms with Crippen LogP contribution in [-0.4, -0.2) is 57.3 Å². The van der Waals surface area contributed by atoms with Gasteiger partial charge in [-0.05, 0) is 43.4 Å². The number of benzene rings is 1. The maximum absolute atomic E-state index is 13.1. The van der Waals surface area contributed by atoms with Crippen molar-refractivity contribution in [2.45, 2.75) is 75.8 Å². The van der Waals surface area contributed by atoms with Gasteiger partial charge in [-0.1, -0.05) is 41.9 Å². The number of ether oxygens (including phenoxy) is 3. The number of hydrogen-bond donors (Lipinski definition) is 3. The summed E-state index contributed by atoms with van der Waals surface area (Å²) in [5.41, 5.74) is -4.61. The summed E-state index contributed by atoms with van der Waals surface area (Å²) in [5, 5.41) is 35.2. The molecule has 1 aromatic carbocycles. The second-order valence-corrected chi connectivity index (χ2v) is 11.1. The smallest absolute Gasteiger partial charge is 0.312 e. The van der Waals surface area contributed by atoms with Gasteiger partial charge in [-0.25, -0.2) is 0 Å². The topological polar surface area (TPSA) is 105 Å². The second-order valence-electron chi connectivity index (χ2n) is 10.2. The molecule has 6 rings (SSSR count). The standard InChI is InChI=1S/C23H29BrO7/c1-13-7-8-22(28)19(2)12-29-18-17(26)21(13,22)11-23(31-18,20(19,3)27)30-16(25)10-14-5-4-6-15(24)9-14/h4-6,9,13,17-18,26-28H,7-8,10-12H2,1-3H3/t13-,17+,18?,19+,20-,21-,22+,23-/m1/s1. The van der Waals surface area contributed by atoms with Gasteiger partial charge in [0, 0.05) is 16.3 Å². The zero-order valence-corrected chi connectivity index (χ0v) is 19.5.